The second-order valence-electron chi connectivity index (χ2n) is 6.72. The van der Waals surface area contributed by atoms with E-state index >= 15 is 0 Å². The summed E-state index contributed by atoms with van der Waals surface area (Å²) in [6.07, 6.45) is 0. The largest absolute Gasteiger partial charge is 0.383 e. The number of piperazine rings is 1. The minimum atomic E-state index is -1.31. The summed E-state index contributed by atoms with van der Waals surface area (Å²) in [5.41, 5.74) is 4.84. The van der Waals surface area contributed by atoms with Crippen LogP contribution < -0.4 is 10.6 Å². The molecule has 2 aromatic rings. The van der Waals surface area contributed by atoms with Crippen molar-refractivity contribution < 1.29 is 18.0 Å². The standard InChI is InChI=1S/C17H21F3N6O/c1-9-22-15-11(17(21)23-9)12(18)13(19)16(14(15)20)26-6-4-25(5-7-26)8-10(27)24(2)3/h4-8H2,1-3H3,(H2,21,22,23). The predicted octanol–water partition coefficient (Wildman–Crippen LogP) is 1.15. The number of benzene rings is 1. The molecular weight excluding hydrogens is 361 g/mol. The molecule has 1 fully saturated rings. The Balaban J connectivity index is 1.91. The summed E-state index contributed by atoms with van der Waals surface area (Å²) in [5.74, 6) is -3.71. The highest BCUT2D eigenvalue weighted by Crippen LogP contribution is 2.35. The fourth-order valence-electron chi connectivity index (χ4n) is 3.13. The summed E-state index contributed by atoms with van der Waals surface area (Å²) in [4.78, 5) is 24.3. The molecule has 1 aliphatic rings. The van der Waals surface area contributed by atoms with Gasteiger partial charge in [-0.05, 0) is 6.92 Å². The number of carbonyl (C=O) groups excluding carboxylic acids is 1. The zero-order valence-electron chi connectivity index (χ0n) is 15.4. The molecule has 1 aliphatic heterocycles. The maximum atomic E-state index is 15.0. The molecule has 0 unspecified atom stereocenters. The number of nitrogens with two attached hydrogens (primary N) is 1. The van der Waals surface area contributed by atoms with Crippen LogP contribution in [0.5, 0.6) is 0 Å². The lowest BCUT2D eigenvalue weighted by molar-refractivity contribution is -0.129. The molecule has 146 valence electrons. The van der Waals surface area contributed by atoms with Crippen LogP contribution >= 0.6 is 0 Å². The number of likely N-dealkylation sites (N-methyl/N-ethyl adjacent to an activating group) is 1. The Morgan fingerprint density at radius 3 is 2.30 bits per heavy atom. The van der Waals surface area contributed by atoms with E-state index in [1.807, 2.05) is 4.90 Å². The molecule has 1 aromatic heterocycles. The van der Waals surface area contributed by atoms with Gasteiger partial charge in [-0.1, -0.05) is 0 Å². The molecule has 27 heavy (non-hydrogen) atoms. The molecular formula is C17H21F3N6O. The molecule has 7 nitrogen and oxygen atoms in total. The SMILES string of the molecule is Cc1nc(N)c2c(F)c(F)c(N3CCN(CC(=O)N(C)C)CC3)c(F)c2n1. The smallest absolute Gasteiger partial charge is 0.236 e. The molecule has 3 rings (SSSR count). The van der Waals surface area contributed by atoms with Crippen LogP contribution in [0.2, 0.25) is 0 Å². The van der Waals surface area contributed by atoms with Crippen LogP contribution in [0.4, 0.5) is 24.7 Å². The molecule has 10 heteroatoms. The van der Waals surface area contributed by atoms with Crippen LogP contribution in [0.25, 0.3) is 10.9 Å². The first-order valence-corrected chi connectivity index (χ1v) is 8.48. The van der Waals surface area contributed by atoms with Gasteiger partial charge in [0, 0.05) is 40.3 Å². The Labute approximate surface area is 154 Å². The number of anilines is 2. The highest BCUT2D eigenvalue weighted by atomic mass is 19.2. The third-order valence-electron chi connectivity index (χ3n) is 4.63. The topological polar surface area (TPSA) is 78.6 Å². The third-order valence-corrected chi connectivity index (χ3v) is 4.63. The maximum absolute atomic E-state index is 15.0. The van der Waals surface area contributed by atoms with E-state index in [0.717, 1.165) is 0 Å². The second-order valence-corrected chi connectivity index (χ2v) is 6.72. The van der Waals surface area contributed by atoms with Crippen molar-refractivity contribution >= 4 is 28.3 Å². The quantitative estimate of drug-likeness (QED) is 0.803. The molecule has 0 atom stereocenters. The van der Waals surface area contributed by atoms with Crippen molar-refractivity contribution in [2.75, 3.05) is 57.5 Å². The van der Waals surface area contributed by atoms with E-state index in [9.17, 15) is 18.0 Å². The van der Waals surface area contributed by atoms with Gasteiger partial charge in [0.25, 0.3) is 0 Å². The number of aryl methyl sites for hydroxylation is 1. The summed E-state index contributed by atoms with van der Waals surface area (Å²) in [5, 5.41) is -0.449. The average Bonchev–Trinajstić information content (AvgIpc) is 2.60. The third kappa shape index (κ3) is 3.48. The first-order valence-electron chi connectivity index (χ1n) is 8.48. The number of carbonyl (C=O) groups is 1. The van der Waals surface area contributed by atoms with Crippen LogP contribution in [0.1, 0.15) is 5.82 Å². The van der Waals surface area contributed by atoms with E-state index < -0.39 is 28.5 Å². The van der Waals surface area contributed by atoms with E-state index in [4.69, 9.17) is 5.73 Å². The Kier molecular flexibility index (Phi) is 5.09. The number of nitrogen functional groups attached to an aromatic ring is 1. The van der Waals surface area contributed by atoms with Gasteiger partial charge in [-0.15, -0.1) is 0 Å². The molecule has 0 bridgehead atoms. The van der Waals surface area contributed by atoms with Gasteiger partial charge in [0.05, 0.1) is 11.9 Å². The summed E-state index contributed by atoms with van der Waals surface area (Å²) < 4.78 is 44.2. The Bertz CT molecular complexity index is 896. The fraction of sp³-hybridized carbons (Fsp3) is 0.471. The van der Waals surface area contributed by atoms with Gasteiger partial charge >= 0.3 is 0 Å². The lowest BCUT2D eigenvalue weighted by atomic mass is 10.1. The number of hydrogen-bond acceptors (Lipinski definition) is 6. The number of nitrogens with zero attached hydrogens (tertiary/aromatic N) is 5. The highest BCUT2D eigenvalue weighted by molar-refractivity contribution is 5.92. The fourth-order valence-corrected chi connectivity index (χ4v) is 3.13. The number of hydrogen-bond donors (Lipinski definition) is 1. The number of amides is 1. The van der Waals surface area contributed by atoms with Gasteiger partial charge < -0.3 is 15.5 Å². The van der Waals surface area contributed by atoms with Crippen LogP contribution in [0, 0.1) is 24.4 Å². The Hall–Kier alpha value is -2.62. The summed E-state index contributed by atoms with van der Waals surface area (Å²) in [6, 6.07) is 0. The normalized spacial score (nSPS) is 15.4. The zero-order chi connectivity index (χ0) is 19.9. The van der Waals surface area contributed by atoms with Crippen LogP contribution in [0.3, 0.4) is 0 Å². The molecule has 1 aromatic carbocycles. The lowest BCUT2D eigenvalue weighted by Gasteiger charge is -2.36. The van der Waals surface area contributed by atoms with E-state index in [-0.39, 0.29) is 42.7 Å². The van der Waals surface area contributed by atoms with Crippen LogP contribution in [-0.4, -0.2) is 72.5 Å². The lowest BCUT2D eigenvalue weighted by Crippen LogP contribution is -2.49. The van der Waals surface area contributed by atoms with E-state index in [0.29, 0.717) is 13.1 Å². The molecule has 0 saturated carbocycles. The highest BCUT2D eigenvalue weighted by Gasteiger charge is 2.29. The van der Waals surface area contributed by atoms with Crippen molar-refractivity contribution in [2.24, 2.45) is 0 Å². The van der Waals surface area contributed by atoms with E-state index in [1.165, 1.54) is 16.7 Å². The van der Waals surface area contributed by atoms with Crippen molar-refractivity contribution in [3.8, 4) is 0 Å². The minimum Gasteiger partial charge on any atom is -0.383 e. The number of halogens is 3. The molecule has 0 spiro atoms. The molecule has 1 amide bonds. The van der Waals surface area contributed by atoms with Crippen molar-refractivity contribution in [3.63, 3.8) is 0 Å². The summed E-state index contributed by atoms with van der Waals surface area (Å²) >= 11 is 0. The van der Waals surface area contributed by atoms with Crippen molar-refractivity contribution in [1.82, 2.24) is 19.8 Å². The van der Waals surface area contributed by atoms with Gasteiger partial charge in [-0.3, -0.25) is 9.69 Å². The van der Waals surface area contributed by atoms with Gasteiger partial charge in [0.1, 0.15) is 22.8 Å². The number of fused-ring (bicyclic) bond motifs is 1. The summed E-state index contributed by atoms with van der Waals surface area (Å²) in [7, 11) is 3.33. The van der Waals surface area contributed by atoms with Crippen LogP contribution in [0.15, 0.2) is 0 Å². The number of rotatable bonds is 3. The first-order chi connectivity index (χ1) is 12.7. The zero-order valence-corrected chi connectivity index (χ0v) is 15.4. The minimum absolute atomic E-state index is 0.0554. The Morgan fingerprint density at radius 1 is 1.07 bits per heavy atom. The van der Waals surface area contributed by atoms with Gasteiger partial charge in [0.2, 0.25) is 5.91 Å². The molecule has 0 aliphatic carbocycles. The second kappa shape index (κ2) is 7.18. The first kappa shape index (κ1) is 19.2. The predicted molar refractivity (Wildman–Crippen MR) is 95.9 cm³/mol. The van der Waals surface area contributed by atoms with Crippen LogP contribution in [-0.2, 0) is 4.79 Å². The van der Waals surface area contributed by atoms with Crippen molar-refractivity contribution in [3.05, 3.63) is 23.3 Å². The molecule has 2 N–H and O–H groups in total. The van der Waals surface area contributed by atoms with E-state index in [2.05, 4.69) is 9.97 Å². The molecule has 2 heterocycles. The average molecular weight is 382 g/mol. The van der Waals surface area contributed by atoms with Crippen molar-refractivity contribution in [1.29, 1.82) is 0 Å². The number of aromatic nitrogens is 2. The van der Waals surface area contributed by atoms with Gasteiger partial charge in [-0.2, -0.15) is 0 Å². The van der Waals surface area contributed by atoms with Gasteiger partial charge in [0.15, 0.2) is 17.5 Å². The molecule has 0 radical (unpaired) electrons. The van der Waals surface area contributed by atoms with E-state index in [1.54, 1.807) is 14.1 Å². The Morgan fingerprint density at radius 2 is 1.70 bits per heavy atom. The summed E-state index contributed by atoms with van der Waals surface area (Å²) in [6.45, 7) is 3.06. The van der Waals surface area contributed by atoms with Gasteiger partial charge in [-0.25, -0.2) is 23.1 Å². The maximum Gasteiger partial charge on any atom is 0.236 e. The van der Waals surface area contributed by atoms with Crippen molar-refractivity contribution in [2.45, 2.75) is 6.92 Å². The monoisotopic (exact) mass is 382 g/mol. The molecule has 1 saturated heterocycles.